The minimum atomic E-state index is -1.02. The van der Waals surface area contributed by atoms with Crippen LogP contribution in [0.5, 0.6) is 0 Å². The summed E-state index contributed by atoms with van der Waals surface area (Å²) < 4.78 is 16.6. The lowest BCUT2D eigenvalue weighted by molar-refractivity contribution is -0.160. The number of nitrogens with zero attached hydrogens (tertiary/aromatic N) is 2. The molecule has 0 saturated carbocycles. The lowest BCUT2D eigenvalue weighted by Gasteiger charge is -2.32. The van der Waals surface area contributed by atoms with Gasteiger partial charge in [0, 0.05) is 30.8 Å². The Labute approximate surface area is 273 Å². The van der Waals surface area contributed by atoms with Gasteiger partial charge in [-0.05, 0) is 63.3 Å². The highest BCUT2D eigenvalue weighted by atomic mass is 16.6. The van der Waals surface area contributed by atoms with Crippen LogP contribution < -0.4 is 21.6 Å². The highest BCUT2D eigenvalue weighted by Gasteiger charge is 2.31. The average Bonchev–Trinajstić information content (AvgIpc) is 3.05. The molecule has 2 heterocycles. The Morgan fingerprint density at radius 1 is 1.02 bits per heavy atom. The first-order valence-electron chi connectivity index (χ1n) is 15.7. The van der Waals surface area contributed by atoms with Crippen LogP contribution in [-0.4, -0.2) is 47.6 Å². The number of piperidine rings is 1. The second-order valence-corrected chi connectivity index (χ2v) is 12.7. The van der Waals surface area contributed by atoms with Crippen molar-refractivity contribution in [3.8, 4) is 0 Å². The Balaban J connectivity index is 1.40. The molecule has 0 radical (unpaired) electrons. The van der Waals surface area contributed by atoms with Gasteiger partial charge in [-0.1, -0.05) is 60.7 Å². The number of carbonyl (C=O) groups is 3. The van der Waals surface area contributed by atoms with Crippen molar-refractivity contribution in [2.75, 3.05) is 23.7 Å². The zero-order chi connectivity index (χ0) is 33.7. The molecule has 4 aromatic rings. The Bertz CT molecular complexity index is 1810. The molecule has 0 bridgehead atoms. The lowest BCUT2D eigenvalue weighted by atomic mass is 9.94. The third-order valence-electron chi connectivity index (χ3n) is 8.09. The van der Waals surface area contributed by atoms with Crippen LogP contribution in [-0.2, 0) is 27.3 Å². The van der Waals surface area contributed by atoms with Crippen LogP contribution >= 0.6 is 0 Å². The molecule has 11 heteroatoms. The minimum Gasteiger partial charge on any atom is -0.460 e. The molecule has 47 heavy (non-hydrogen) atoms. The number of nitrogens with one attached hydrogen (secondary N) is 1. The summed E-state index contributed by atoms with van der Waals surface area (Å²) in [5, 5.41) is 2.89. The van der Waals surface area contributed by atoms with Crippen molar-refractivity contribution in [3.63, 3.8) is 0 Å². The van der Waals surface area contributed by atoms with Gasteiger partial charge >= 0.3 is 23.7 Å². The van der Waals surface area contributed by atoms with E-state index in [9.17, 15) is 19.2 Å². The van der Waals surface area contributed by atoms with Gasteiger partial charge in [-0.2, -0.15) is 4.98 Å². The monoisotopic (exact) mass is 640 g/mol. The van der Waals surface area contributed by atoms with E-state index in [0.29, 0.717) is 31.5 Å². The summed E-state index contributed by atoms with van der Waals surface area (Å²) in [6.45, 7) is 8.02. The normalized spacial score (nSPS) is 14.4. The van der Waals surface area contributed by atoms with Crippen molar-refractivity contribution in [1.29, 1.82) is 0 Å². The Morgan fingerprint density at radius 2 is 1.64 bits per heavy atom. The maximum Gasteiger partial charge on any atom is 0.408 e. The van der Waals surface area contributed by atoms with E-state index < -0.39 is 29.1 Å². The van der Waals surface area contributed by atoms with Gasteiger partial charge in [0.05, 0.1) is 22.9 Å². The maximum absolute atomic E-state index is 14.1. The molecule has 1 aliphatic rings. The number of carbonyl (C=O) groups excluding carboxylic acids is 3. The first kappa shape index (κ1) is 33.2. The molecule has 0 aliphatic carbocycles. The highest BCUT2D eigenvalue weighted by molar-refractivity contribution is 6.09. The number of fused-ring (bicyclic) bond motifs is 1. The fourth-order valence-electron chi connectivity index (χ4n) is 5.61. The summed E-state index contributed by atoms with van der Waals surface area (Å²) in [6, 6.07) is 19.0. The largest absolute Gasteiger partial charge is 0.460 e. The van der Waals surface area contributed by atoms with Crippen molar-refractivity contribution < 1.29 is 28.3 Å². The molecule has 11 nitrogen and oxygen atoms in total. The van der Waals surface area contributed by atoms with E-state index in [1.54, 1.807) is 11.8 Å². The van der Waals surface area contributed by atoms with Crippen LogP contribution in [0.2, 0.25) is 0 Å². The maximum atomic E-state index is 14.1. The number of amides is 1. The third-order valence-corrected chi connectivity index (χ3v) is 8.09. The number of rotatable bonds is 9. The number of benzene rings is 3. The topological polar surface area (TPSA) is 154 Å². The highest BCUT2D eigenvalue weighted by Crippen LogP contribution is 2.29. The van der Waals surface area contributed by atoms with E-state index >= 15 is 0 Å². The predicted molar refractivity (Wildman–Crippen MR) is 178 cm³/mol. The summed E-state index contributed by atoms with van der Waals surface area (Å²) in [5.41, 5.74) is 7.68. The fourth-order valence-corrected chi connectivity index (χ4v) is 5.61. The van der Waals surface area contributed by atoms with E-state index in [4.69, 9.17) is 19.6 Å². The standard InChI is InChI=1S/C36H40N4O7/c1-22-29-27(38-34(46-33(29)43)40-17-15-25(16-18-40)32(42)47-36(2,3)4)20-26(30(22)37)31(41)28(19-23-11-7-5-8-12-23)39-35(44)45-21-24-13-9-6-10-14-24/h5-14,20,25,28H,15-19,21,37H2,1-4H3,(H,39,44)/t28-/m0/s1. The number of nitrogens with two attached hydrogens (primary N) is 1. The van der Waals surface area contributed by atoms with Gasteiger partial charge in [0.2, 0.25) is 0 Å². The molecule has 246 valence electrons. The summed E-state index contributed by atoms with van der Waals surface area (Å²) in [7, 11) is 0. The molecule has 0 spiro atoms. The molecule has 1 amide bonds. The summed E-state index contributed by atoms with van der Waals surface area (Å²) in [6.07, 6.45) is 0.445. The van der Waals surface area contributed by atoms with Crippen LogP contribution in [0.4, 0.5) is 16.5 Å². The Morgan fingerprint density at radius 3 is 2.26 bits per heavy atom. The molecule has 3 N–H and O–H groups in total. The van der Waals surface area contributed by atoms with Crippen molar-refractivity contribution >= 4 is 40.5 Å². The lowest BCUT2D eigenvalue weighted by Crippen LogP contribution is -2.43. The molecule has 1 fully saturated rings. The van der Waals surface area contributed by atoms with Crippen molar-refractivity contribution in [3.05, 3.63) is 99.4 Å². The number of alkyl carbamates (subject to hydrolysis) is 1. The number of aromatic nitrogens is 1. The molecule has 1 saturated heterocycles. The smallest absolute Gasteiger partial charge is 0.408 e. The number of ketones is 1. The number of anilines is 2. The molecule has 1 aromatic heterocycles. The van der Waals surface area contributed by atoms with Crippen LogP contribution in [0.25, 0.3) is 10.9 Å². The number of Topliss-reactive ketones (excluding diaryl/α,β-unsaturated/α-hetero) is 1. The van der Waals surface area contributed by atoms with E-state index in [1.165, 1.54) is 6.07 Å². The zero-order valence-corrected chi connectivity index (χ0v) is 27.1. The number of esters is 1. The SMILES string of the molecule is Cc1c(N)c(C(=O)[C@H](Cc2ccccc2)NC(=O)OCc2ccccc2)cc2nc(N3CCC(C(=O)OC(C)(C)C)CC3)oc(=O)c12. The van der Waals surface area contributed by atoms with Crippen LogP contribution in [0, 0.1) is 12.8 Å². The van der Waals surface area contributed by atoms with Crippen molar-refractivity contribution in [2.24, 2.45) is 5.92 Å². The number of hydrogen-bond acceptors (Lipinski definition) is 10. The second-order valence-electron chi connectivity index (χ2n) is 12.7. The van der Waals surface area contributed by atoms with E-state index in [2.05, 4.69) is 10.3 Å². The molecule has 3 aromatic carbocycles. The van der Waals surface area contributed by atoms with E-state index in [0.717, 1.165) is 11.1 Å². The minimum absolute atomic E-state index is 0.0354. The Hall–Kier alpha value is -5.19. The number of hydrogen-bond donors (Lipinski definition) is 2. The molecule has 1 atom stereocenters. The van der Waals surface area contributed by atoms with Gasteiger partial charge in [0.1, 0.15) is 12.2 Å². The summed E-state index contributed by atoms with van der Waals surface area (Å²) >= 11 is 0. The van der Waals surface area contributed by atoms with Crippen LogP contribution in [0.1, 0.15) is 60.7 Å². The Kier molecular flexibility index (Phi) is 9.93. The van der Waals surface area contributed by atoms with Crippen molar-refractivity contribution in [2.45, 2.75) is 65.2 Å². The molecular weight excluding hydrogens is 600 g/mol. The van der Waals surface area contributed by atoms with Crippen molar-refractivity contribution in [1.82, 2.24) is 10.3 Å². The summed E-state index contributed by atoms with van der Waals surface area (Å²) in [5.74, 6) is -0.970. The van der Waals surface area contributed by atoms with E-state index in [-0.39, 0.29) is 53.1 Å². The summed E-state index contributed by atoms with van der Waals surface area (Å²) in [4.78, 5) is 59.2. The van der Waals surface area contributed by atoms with Gasteiger partial charge in [-0.15, -0.1) is 0 Å². The first-order chi connectivity index (χ1) is 22.4. The molecular formula is C36H40N4O7. The molecule has 1 aliphatic heterocycles. The van der Waals surface area contributed by atoms with Gasteiger partial charge in [0.25, 0.3) is 0 Å². The van der Waals surface area contributed by atoms with E-state index in [1.807, 2.05) is 81.4 Å². The molecule has 0 unspecified atom stereocenters. The number of aryl methyl sites for hydroxylation is 1. The molecule has 5 rings (SSSR count). The first-order valence-corrected chi connectivity index (χ1v) is 15.7. The number of nitrogen functional groups attached to an aromatic ring is 1. The van der Waals surface area contributed by atoms with Gasteiger partial charge in [0.15, 0.2) is 5.78 Å². The predicted octanol–water partition coefficient (Wildman–Crippen LogP) is 5.36. The van der Waals surface area contributed by atoms with Gasteiger partial charge in [-0.25, -0.2) is 9.59 Å². The fraction of sp³-hybridized carbons (Fsp3) is 0.361. The second kappa shape index (κ2) is 14.1. The van der Waals surface area contributed by atoms with Crippen LogP contribution in [0.3, 0.4) is 0 Å². The van der Waals surface area contributed by atoms with Gasteiger partial charge < -0.3 is 29.8 Å². The zero-order valence-electron chi connectivity index (χ0n) is 27.1. The van der Waals surface area contributed by atoms with Crippen LogP contribution in [0.15, 0.2) is 75.9 Å². The van der Waals surface area contributed by atoms with Gasteiger partial charge in [-0.3, -0.25) is 9.59 Å². The quantitative estimate of drug-likeness (QED) is 0.139. The third kappa shape index (κ3) is 8.16. The average molecular weight is 641 g/mol. The number of ether oxygens (including phenoxy) is 2.